The van der Waals surface area contributed by atoms with E-state index in [0.717, 1.165) is 17.7 Å². The van der Waals surface area contributed by atoms with E-state index in [0.29, 0.717) is 25.1 Å². The lowest BCUT2D eigenvalue weighted by Gasteiger charge is -2.17. The van der Waals surface area contributed by atoms with Gasteiger partial charge in [0.15, 0.2) is 11.6 Å². The molecule has 1 heterocycles. The molecule has 1 aliphatic rings. The summed E-state index contributed by atoms with van der Waals surface area (Å²) in [5.74, 6) is -1.64. The number of fused-ring (bicyclic) bond motifs is 1. The summed E-state index contributed by atoms with van der Waals surface area (Å²) in [7, 11) is -2.19. The number of amides is 1. The Morgan fingerprint density at radius 3 is 2.71 bits per heavy atom. The van der Waals surface area contributed by atoms with Gasteiger partial charge in [-0.3, -0.25) is 4.79 Å². The Morgan fingerprint density at radius 2 is 2.00 bits per heavy atom. The summed E-state index contributed by atoms with van der Waals surface area (Å²) in [4.78, 5) is 14.3. The van der Waals surface area contributed by atoms with Crippen molar-refractivity contribution in [3.05, 3.63) is 53.6 Å². The number of carbonyl (C=O) groups is 1. The van der Waals surface area contributed by atoms with E-state index in [9.17, 15) is 22.0 Å². The highest BCUT2D eigenvalue weighted by Crippen LogP contribution is 2.30. The Hall–Kier alpha value is -2.52. The zero-order chi connectivity index (χ0) is 20.3. The number of halogens is 2. The van der Waals surface area contributed by atoms with E-state index in [-0.39, 0.29) is 29.6 Å². The fraction of sp³-hybridized carbons (Fsp3) is 0.316. The highest BCUT2D eigenvalue weighted by Gasteiger charge is 2.26. The highest BCUT2D eigenvalue weighted by atomic mass is 32.2. The number of sulfonamides is 1. The van der Waals surface area contributed by atoms with Crippen molar-refractivity contribution in [1.82, 2.24) is 4.72 Å². The fourth-order valence-electron chi connectivity index (χ4n) is 3.05. The Labute approximate surface area is 162 Å². The first-order valence-electron chi connectivity index (χ1n) is 8.76. The molecular weight excluding hydrogens is 390 g/mol. The average molecular weight is 410 g/mol. The normalized spacial score (nSPS) is 13.5. The Bertz CT molecular complexity index is 995. The summed E-state index contributed by atoms with van der Waals surface area (Å²) < 4.78 is 57.7. The molecule has 9 heteroatoms. The van der Waals surface area contributed by atoms with Crippen LogP contribution in [0.5, 0.6) is 5.75 Å². The SMILES string of the molecule is CNS(=O)(=O)c1ccc2c(c1)CCN2C(=O)CCCOc1ccc(F)cc1F. The van der Waals surface area contributed by atoms with Crippen LogP contribution in [-0.4, -0.2) is 34.5 Å². The topological polar surface area (TPSA) is 75.7 Å². The van der Waals surface area contributed by atoms with E-state index in [1.54, 1.807) is 17.0 Å². The smallest absolute Gasteiger partial charge is 0.240 e. The number of carbonyl (C=O) groups excluding carboxylic acids is 1. The van der Waals surface area contributed by atoms with Gasteiger partial charge in [-0.15, -0.1) is 0 Å². The van der Waals surface area contributed by atoms with Gasteiger partial charge in [-0.2, -0.15) is 0 Å². The second-order valence-electron chi connectivity index (χ2n) is 6.32. The number of hydrogen-bond acceptors (Lipinski definition) is 4. The number of rotatable bonds is 7. The van der Waals surface area contributed by atoms with Crippen LogP contribution in [-0.2, 0) is 21.2 Å². The third-order valence-electron chi connectivity index (χ3n) is 4.51. The van der Waals surface area contributed by atoms with Gasteiger partial charge >= 0.3 is 0 Å². The molecule has 1 N–H and O–H groups in total. The maximum atomic E-state index is 13.5. The first kappa shape index (κ1) is 20.2. The van der Waals surface area contributed by atoms with Crippen molar-refractivity contribution in [3.8, 4) is 5.75 Å². The molecule has 0 radical (unpaired) electrons. The van der Waals surface area contributed by atoms with E-state index in [1.807, 2.05) is 0 Å². The van der Waals surface area contributed by atoms with Crippen molar-refractivity contribution < 1.29 is 26.7 Å². The maximum absolute atomic E-state index is 13.5. The van der Waals surface area contributed by atoms with Gasteiger partial charge in [0.25, 0.3) is 0 Å². The quantitative estimate of drug-likeness (QED) is 0.712. The van der Waals surface area contributed by atoms with Crippen molar-refractivity contribution in [3.63, 3.8) is 0 Å². The molecule has 28 heavy (non-hydrogen) atoms. The fourth-order valence-corrected chi connectivity index (χ4v) is 3.84. The van der Waals surface area contributed by atoms with Gasteiger partial charge in [-0.05, 0) is 55.8 Å². The zero-order valence-electron chi connectivity index (χ0n) is 15.2. The van der Waals surface area contributed by atoms with Crippen molar-refractivity contribution in [2.24, 2.45) is 0 Å². The molecular formula is C19H20F2N2O4S. The van der Waals surface area contributed by atoms with Crippen molar-refractivity contribution >= 4 is 21.6 Å². The maximum Gasteiger partial charge on any atom is 0.240 e. The Morgan fingerprint density at radius 1 is 1.21 bits per heavy atom. The van der Waals surface area contributed by atoms with Gasteiger partial charge in [0.2, 0.25) is 15.9 Å². The molecule has 0 spiro atoms. The minimum absolute atomic E-state index is 0.0568. The van der Waals surface area contributed by atoms with Crippen molar-refractivity contribution in [1.29, 1.82) is 0 Å². The lowest BCUT2D eigenvalue weighted by Crippen LogP contribution is -2.29. The molecule has 0 bridgehead atoms. The first-order chi connectivity index (χ1) is 13.3. The minimum atomic E-state index is -3.53. The second kappa shape index (κ2) is 8.24. The number of hydrogen-bond donors (Lipinski definition) is 1. The standard InChI is InChI=1S/C19H20F2N2O4S/c1-22-28(25,26)15-5-6-17-13(11-15)8-9-23(17)19(24)3-2-10-27-18-7-4-14(20)12-16(18)21/h4-7,11-12,22H,2-3,8-10H2,1H3. The number of ether oxygens (including phenoxy) is 1. The monoisotopic (exact) mass is 410 g/mol. The Balaban J connectivity index is 1.57. The van der Waals surface area contributed by atoms with Crippen LogP contribution < -0.4 is 14.4 Å². The van der Waals surface area contributed by atoms with Crippen LogP contribution in [0.25, 0.3) is 0 Å². The lowest BCUT2D eigenvalue weighted by atomic mass is 10.2. The van der Waals surface area contributed by atoms with Crippen LogP contribution in [0, 0.1) is 11.6 Å². The zero-order valence-corrected chi connectivity index (χ0v) is 16.1. The number of anilines is 1. The predicted molar refractivity (Wildman–Crippen MR) is 99.8 cm³/mol. The van der Waals surface area contributed by atoms with Gasteiger partial charge in [0.05, 0.1) is 11.5 Å². The van der Waals surface area contributed by atoms with E-state index in [4.69, 9.17) is 4.74 Å². The second-order valence-corrected chi connectivity index (χ2v) is 8.21. The van der Waals surface area contributed by atoms with Crippen LogP contribution in [0.15, 0.2) is 41.3 Å². The van der Waals surface area contributed by atoms with Gasteiger partial charge < -0.3 is 9.64 Å². The first-order valence-corrected chi connectivity index (χ1v) is 10.2. The van der Waals surface area contributed by atoms with Crippen molar-refractivity contribution in [2.75, 3.05) is 25.1 Å². The summed E-state index contributed by atoms with van der Waals surface area (Å²) in [6.07, 6.45) is 1.14. The third kappa shape index (κ3) is 4.31. The summed E-state index contributed by atoms with van der Waals surface area (Å²) in [5, 5.41) is 0. The predicted octanol–water partition coefficient (Wildman–Crippen LogP) is 2.62. The summed E-state index contributed by atoms with van der Waals surface area (Å²) in [6.45, 7) is 0.596. The molecule has 0 atom stereocenters. The molecule has 3 rings (SSSR count). The Kier molecular flexibility index (Phi) is 5.95. The van der Waals surface area contributed by atoms with Crippen LogP contribution in [0.1, 0.15) is 18.4 Å². The van der Waals surface area contributed by atoms with E-state index >= 15 is 0 Å². The van der Waals surface area contributed by atoms with Crippen molar-refractivity contribution in [2.45, 2.75) is 24.2 Å². The minimum Gasteiger partial charge on any atom is -0.491 e. The molecule has 2 aromatic rings. The van der Waals surface area contributed by atoms with E-state index in [1.165, 1.54) is 19.2 Å². The van der Waals surface area contributed by atoms with Gasteiger partial charge in [0, 0.05) is 24.7 Å². The molecule has 150 valence electrons. The largest absolute Gasteiger partial charge is 0.491 e. The van der Waals surface area contributed by atoms with E-state index < -0.39 is 21.7 Å². The van der Waals surface area contributed by atoms with Crippen LogP contribution >= 0.6 is 0 Å². The number of nitrogens with zero attached hydrogens (tertiary/aromatic N) is 1. The molecule has 6 nitrogen and oxygen atoms in total. The average Bonchev–Trinajstić information content (AvgIpc) is 3.09. The van der Waals surface area contributed by atoms with Crippen LogP contribution in [0.4, 0.5) is 14.5 Å². The molecule has 0 aliphatic carbocycles. The molecule has 1 aliphatic heterocycles. The molecule has 1 amide bonds. The number of benzene rings is 2. The van der Waals surface area contributed by atoms with Gasteiger partial charge in [-0.25, -0.2) is 21.9 Å². The molecule has 0 aromatic heterocycles. The molecule has 0 unspecified atom stereocenters. The lowest BCUT2D eigenvalue weighted by molar-refractivity contribution is -0.118. The summed E-state index contributed by atoms with van der Waals surface area (Å²) in [5.41, 5.74) is 1.50. The molecule has 0 saturated heterocycles. The summed E-state index contributed by atoms with van der Waals surface area (Å²) in [6, 6.07) is 7.73. The third-order valence-corrected chi connectivity index (χ3v) is 5.93. The molecule has 2 aromatic carbocycles. The van der Waals surface area contributed by atoms with Crippen LogP contribution in [0.2, 0.25) is 0 Å². The van der Waals surface area contributed by atoms with Gasteiger partial charge in [-0.1, -0.05) is 0 Å². The molecule has 0 fully saturated rings. The highest BCUT2D eigenvalue weighted by molar-refractivity contribution is 7.89. The van der Waals surface area contributed by atoms with Crippen LogP contribution in [0.3, 0.4) is 0 Å². The van der Waals surface area contributed by atoms with Gasteiger partial charge in [0.1, 0.15) is 5.82 Å². The number of nitrogens with one attached hydrogen (secondary N) is 1. The summed E-state index contributed by atoms with van der Waals surface area (Å²) >= 11 is 0. The van der Waals surface area contributed by atoms with E-state index in [2.05, 4.69) is 4.72 Å². The molecule has 0 saturated carbocycles.